The molecule has 0 amide bonds. The molecule has 4 nitrogen and oxygen atoms in total. The van der Waals surface area contributed by atoms with Gasteiger partial charge in [-0.3, -0.25) is 0 Å². The minimum atomic E-state index is -3.13. The number of hydrogen-bond donors (Lipinski definition) is 1. The van der Waals surface area contributed by atoms with E-state index in [0.717, 1.165) is 0 Å². The van der Waals surface area contributed by atoms with E-state index in [9.17, 15) is 27.5 Å². The van der Waals surface area contributed by atoms with Crippen LogP contribution in [-0.4, -0.2) is 20.8 Å². The van der Waals surface area contributed by atoms with Crippen molar-refractivity contribution in [2.45, 2.75) is 6.43 Å². The Bertz CT molecular complexity index is 972. The van der Waals surface area contributed by atoms with Gasteiger partial charge in [-0.2, -0.15) is 0 Å². The Labute approximate surface area is 136 Å². The average Bonchev–Trinajstić information content (AvgIpc) is 2.87. The highest BCUT2D eigenvalue weighted by molar-refractivity contribution is 6.30. The Balaban J connectivity index is 2.40. The van der Waals surface area contributed by atoms with E-state index in [1.54, 1.807) is 0 Å². The lowest BCUT2D eigenvalue weighted by Crippen LogP contribution is -2.10. The van der Waals surface area contributed by atoms with Crippen molar-refractivity contribution in [2.75, 3.05) is 0 Å². The maximum atomic E-state index is 13.6. The standard InChI is InChI=1S/C15H7ClF4N2O2/c16-13-4-11-6(5-21-13)1-12(22(11)15(23)24)7-2-9(17)10(18)3-8(7)14(19)20/h1-5,14H,(H,23,24). The predicted octanol–water partition coefficient (Wildman–Crippen LogP) is 5.10. The molecule has 0 saturated heterocycles. The molecule has 124 valence electrons. The van der Waals surface area contributed by atoms with Gasteiger partial charge in [0.25, 0.3) is 6.43 Å². The summed E-state index contributed by atoms with van der Waals surface area (Å²) in [6, 6.07) is 3.37. The normalized spacial score (nSPS) is 11.4. The van der Waals surface area contributed by atoms with E-state index in [4.69, 9.17) is 11.6 Å². The number of carbonyl (C=O) groups is 1. The van der Waals surface area contributed by atoms with Gasteiger partial charge in [0.05, 0.1) is 11.2 Å². The monoisotopic (exact) mass is 358 g/mol. The van der Waals surface area contributed by atoms with Gasteiger partial charge < -0.3 is 5.11 Å². The molecule has 0 fully saturated rings. The van der Waals surface area contributed by atoms with Crippen LogP contribution >= 0.6 is 11.6 Å². The second-order valence-corrected chi connectivity index (χ2v) is 5.25. The third kappa shape index (κ3) is 2.58. The maximum absolute atomic E-state index is 13.6. The van der Waals surface area contributed by atoms with Crippen LogP contribution in [0, 0.1) is 11.6 Å². The largest absolute Gasteiger partial charge is 0.464 e. The van der Waals surface area contributed by atoms with E-state index < -0.39 is 35.3 Å². The molecular formula is C15H7ClF4N2O2. The molecule has 3 rings (SSSR count). The van der Waals surface area contributed by atoms with Crippen molar-refractivity contribution in [2.24, 2.45) is 0 Å². The van der Waals surface area contributed by atoms with Crippen LogP contribution in [0.1, 0.15) is 12.0 Å². The topological polar surface area (TPSA) is 55.1 Å². The van der Waals surface area contributed by atoms with Gasteiger partial charge in [0.1, 0.15) is 5.15 Å². The van der Waals surface area contributed by atoms with Crippen LogP contribution in [0.15, 0.2) is 30.5 Å². The van der Waals surface area contributed by atoms with Crippen molar-refractivity contribution < 1.29 is 27.5 Å². The number of nitrogens with zero attached hydrogens (tertiary/aromatic N) is 2. The summed E-state index contributed by atoms with van der Waals surface area (Å²) in [5, 5.41) is 9.69. The molecule has 3 aromatic rings. The molecule has 1 N–H and O–H groups in total. The number of rotatable bonds is 2. The number of pyridine rings is 1. The maximum Gasteiger partial charge on any atom is 0.416 e. The molecule has 0 spiro atoms. The Morgan fingerprint density at radius 2 is 1.83 bits per heavy atom. The van der Waals surface area contributed by atoms with Gasteiger partial charge in [-0.15, -0.1) is 0 Å². The lowest BCUT2D eigenvalue weighted by atomic mass is 10.0. The Hall–Kier alpha value is -2.61. The minimum Gasteiger partial charge on any atom is -0.464 e. The van der Waals surface area contributed by atoms with E-state index in [1.165, 1.54) is 18.3 Å². The summed E-state index contributed by atoms with van der Waals surface area (Å²) in [6.45, 7) is 0. The smallest absolute Gasteiger partial charge is 0.416 e. The predicted molar refractivity (Wildman–Crippen MR) is 78.5 cm³/mol. The SMILES string of the molecule is O=C(O)n1c(-c2cc(F)c(F)cc2C(F)F)cc2cnc(Cl)cc21. The second-order valence-electron chi connectivity index (χ2n) is 4.87. The van der Waals surface area contributed by atoms with Crippen molar-refractivity contribution in [1.29, 1.82) is 0 Å². The van der Waals surface area contributed by atoms with Crippen molar-refractivity contribution in [3.63, 3.8) is 0 Å². The average molecular weight is 359 g/mol. The van der Waals surface area contributed by atoms with Crippen molar-refractivity contribution in [3.05, 3.63) is 52.8 Å². The molecule has 0 aliphatic carbocycles. The van der Waals surface area contributed by atoms with Crippen LogP contribution in [0.25, 0.3) is 22.2 Å². The van der Waals surface area contributed by atoms with Crippen LogP contribution in [0.3, 0.4) is 0 Å². The minimum absolute atomic E-state index is 0.00554. The molecule has 0 unspecified atom stereocenters. The van der Waals surface area contributed by atoms with Gasteiger partial charge in [0.2, 0.25) is 0 Å². The number of carboxylic acid groups (broad SMARTS) is 1. The van der Waals surface area contributed by atoms with Gasteiger partial charge in [0.15, 0.2) is 11.6 Å². The zero-order valence-electron chi connectivity index (χ0n) is 11.6. The second kappa shape index (κ2) is 5.79. The third-order valence-electron chi connectivity index (χ3n) is 3.45. The summed E-state index contributed by atoms with van der Waals surface area (Å²) in [6.07, 6.45) is -3.37. The van der Waals surface area contributed by atoms with Crippen LogP contribution in [0.4, 0.5) is 22.4 Å². The molecule has 0 bridgehead atoms. The highest BCUT2D eigenvalue weighted by Gasteiger charge is 2.24. The molecule has 2 aromatic heterocycles. The first-order chi connectivity index (χ1) is 11.3. The number of aromatic nitrogens is 2. The summed E-state index contributed by atoms with van der Waals surface area (Å²) >= 11 is 5.73. The van der Waals surface area contributed by atoms with Crippen molar-refractivity contribution in [1.82, 2.24) is 9.55 Å². The van der Waals surface area contributed by atoms with Gasteiger partial charge in [-0.25, -0.2) is 31.9 Å². The Morgan fingerprint density at radius 3 is 2.46 bits per heavy atom. The van der Waals surface area contributed by atoms with Crippen molar-refractivity contribution >= 4 is 28.6 Å². The van der Waals surface area contributed by atoms with Gasteiger partial charge in [-0.1, -0.05) is 11.6 Å². The quantitative estimate of drug-likeness (QED) is 0.512. The summed E-state index contributed by atoms with van der Waals surface area (Å²) < 4.78 is 53.9. The fourth-order valence-electron chi connectivity index (χ4n) is 2.45. The summed E-state index contributed by atoms with van der Waals surface area (Å²) in [5.41, 5.74) is -1.41. The lowest BCUT2D eigenvalue weighted by molar-refractivity contribution is 0.151. The summed E-state index contributed by atoms with van der Waals surface area (Å²) in [5.74, 6) is -2.82. The molecule has 0 saturated carbocycles. The Kier molecular flexibility index (Phi) is 3.92. The van der Waals surface area contributed by atoms with Crippen LogP contribution in [0.5, 0.6) is 0 Å². The highest BCUT2D eigenvalue weighted by Crippen LogP contribution is 2.36. The molecule has 0 aliphatic heterocycles. The first kappa shape index (κ1) is 16.3. The van der Waals surface area contributed by atoms with Crippen LogP contribution in [-0.2, 0) is 0 Å². The molecule has 24 heavy (non-hydrogen) atoms. The highest BCUT2D eigenvalue weighted by atomic mass is 35.5. The molecule has 0 atom stereocenters. The third-order valence-corrected chi connectivity index (χ3v) is 3.65. The first-order valence-electron chi connectivity index (χ1n) is 6.47. The molecular weight excluding hydrogens is 352 g/mol. The van der Waals surface area contributed by atoms with Gasteiger partial charge in [-0.05, 0) is 18.2 Å². The zero-order valence-corrected chi connectivity index (χ0v) is 12.4. The van der Waals surface area contributed by atoms with E-state index in [-0.39, 0.29) is 16.4 Å². The first-order valence-corrected chi connectivity index (χ1v) is 6.85. The molecule has 9 heteroatoms. The van der Waals surface area contributed by atoms with Crippen molar-refractivity contribution in [3.8, 4) is 11.3 Å². The van der Waals surface area contributed by atoms with Crippen LogP contribution in [0.2, 0.25) is 5.15 Å². The fourth-order valence-corrected chi connectivity index (χ4v) is 2.60. The van der Waals surface area contributed by atoms with Gasteiger partial charge >= 0.3 is 6.09 Å². The number of alkyl halides is 2. The van der Waals surface area contributed by atoms with Gasteiger partial charge in [0, 0.05) is 28.8 Å². The van der Waals surface area contributed by atoms with E-state index >= 15 is 0 Å². The summed E-state index contributed by atoms with van der Waals surface area (Å²) in [7, 11) is 0. The number of hydrogen-bond acceptors (Lipinski definition) is 2. The molecule has 2 heterocycles. The Morgan fingerprint density at radius 1 is 1.17 bits per heavy atom. The van der Waals surface area contributed by atoms with Crippen LogP contribution < -0.4 is 0 Å². The summed E-state index contributed by atoms with van der Waals surface area (Å²) in [4.78, 5) is 15.3. The number of benzene rings is 1. The fraction of sp³-hybridized carbons (Fsp3) is 0.0667. The lowest BCUT2D eigenvalue weighted by Gasteiger charge is -2.11. The van der Waals surface area contributed by atoms with E-state index in [2.05, 4.69) is 4.98 Å². The number of halogens is 5. The number of fused-ring (bicyclic) bond motifs is 1. The zero-order chi connectivity index (χ0) is 17.6. The van der Waals surface area contributed by atoms with E-state index in [1.807, 2.05) is 0 Å². The van der Waals surface area contributed by atoms with E-state index in [0.29, 0.717) is 22.1 Å². The molecule has 1 aromatic carbocycles. The molecule has 0 aliphatic rings. The molecule has 0 radical (unpaired) electrons.